The van der Waals surface area contributed by atoms with Crippen LogP contribution < -0.4 is 5.32 Å². The number of ether oxygens (including phenoxy) is 1. The van der Waals surface area contributed by atoms with Crippen molar-refractivity contribution in [2.45, 2.75) is 23.9 Å². The topological polar surface area (TPSA) is 84.8 Å². The summed E-state index contributed by atoms with van der Waals surface area (Å²) in [6.07, 6.45) is 1.88. The average molecular weight is 450 g/mol. The van der Waals surface area contributed by atoms with E-state index in [1.807, 2.05) is 37.4 Å². The van der Waals surface area contributed by atoms with Crippen molar-refractivity contribution in [3.63, 3.8) is 0 Å². The van der Waals surface area contributed by atoms with E-state index in [1.54, 1.807) is 22.9 Å². The molecule has 3 heterocycles. The summed E-state index contributed by atoms with van der Waals surface area (Å²) in [5.41, 5.74) is 3.53. The lowest BCUT2D eigenvalue weighted by molar-refractivity contribution is -0.136. The zero-order valence-corrected chi connectivity index (χ0v) is 18.2. The highest BCUT2D eigenvalue weighted by Crippen LogP contribution is 2.39. The van der Waals surface area contributed by atoms with Crippen molar-refractivity contribution >= 4 is 34.6 Å². The van der Waals surface area contributed by atoms with Gasteiger partial charge in [0, 0.05) is 34.1 Å². The molecular weight excluding hydrogens is 429 g/mol. The van der Waals surface area contributed by atoms with Gasteiger partial charge in [0.25, 0.3) is 0 Å². The van der Waals surface area contributed by atoms with Crippen molar-refractivity contribution in [2.75, 3.05) is 12.4 Å². The summed E-state index contributed by atoms with van der Waals surface area (Å²) in [5.74, 6) is 0.210. The maximum atomic E-state index is 14.0. The van der Waals surface area contributed by atoms with E-state index in [4.69, 9.17) is 4.74 Å². The highest BCUT2D eigenvalue weighted by Gasteiger charge is 2.36. The van der Waals surface area contributed by atoms with Gasteiger partial charge < -0.3 is 15.0 Å². The quantitative estimate of drug-likeness (QED) is 0.341. The summed E-state index contributed by atoms with van der Waals surface area (Å²) >= 11 is 1.34. The smallest absolute Gasteiger partial charge is 0.338 e. The molecule has 0 saturated heterocycles. The predicted molar refractivity (Wildman–Crippen MR) is 121 cm³/mol. The van der Waals surface area contributed by atoms with E-state index < -0.39 is 12.0 Å². The molecule has 1 aliphatic heterocycles. The largest absolute Gasteiger partial charge is 0.466 e. The molecule has 0 amide bonds. The number of aromatic amines is 1. The van der Waals surface area contributed by atoms with Crippen LogP contribution in [-0.4, -0.2) is 32.8 Å². The lowest BCUT2D eigenvalue weighted by atomic mass is 9.95. The number of aromatic nitrogens is 4. The van der Waals surface area contributed by atoms with Gasteiger partial charge >= 0.3 is 5.97 Å². The van der Waals surface area contributed by atoms with Gasteiger partial charge in [-0.05, 0) is 24.6 Å². The van der Waals surface area contributed by atoms with Crippen molar-refractivity contribution in [3.05, 3.63) is 82.9 Å². The third-order valence-electron chi connectivity index (χ3n) is 5.47. The van der Waals surface area contributed by atoms with Crippen molar-refractivity contribution < 1.29 is 13.9 Å². The molecule has 0 saturated carbocycles. The summed E-state index contributed by atoms with van der Waals surface area (Å²) in [5, 5.41) is 9.30. The van der Waals surface area contributed by atoms with E-state index in [9.17, 15) is 9.18 Å². The first-order valence-electron chi connectivity index (χ1n) is 10.0. The van der Waals surface area contributed by atoms with Crippen molar-refractivity contribution in [2.24, 2.45) is 0 Å². The molecule has 9 heteroatoms. The summed E-state index contributed by atoms with van der Waals surface area (Å²) in [6, 6.07) is 14.0. The van der Waals surface area contributed by atoms with Gasteiger partial charge in [-0.15, -0.1) is 5.10 Å². The van der Waals surface area contributed by atoms with Crippen molar-refractivity contribution in [1.82, 2.24) is 19.7 Å². The molecular formula is C23H20FN5O2S. The number of para-hydroxylation sites is 1. The summed E-state index contributed by atoms with van der Waals surface area (Å²) in [6.45, 7) is 1.82. The third kappa shape index (κ3) is 3.44. The summed E-state index contributed by atoms with van der Waals surface area (Å²) in [4.78, 5) is 20.6. The van der Waals surface area contributed by atoms with Crippen LogP contribution in [0.2, 0.25) is 0 Å². The van der Waals surface area contributed by atoms with Crippen LogP contribution in [0.4, 0.5) is 10.3 Å². The molecule has 0 fully saturated rings. The zero-order chi connectivity index (χ0) is 22.2. The van der Waals surface area contributed by atoms with E-state index in [0.717, 1.165) is 16.5 Å². The van der Waals surface area contributed by atoms with Gasteiger partial charge in [0.05, 0.1) is 12.7 Å². The molecule has 0 spiro atoms. The van der Waals surface area contributed by atoms with E-state index in [-0.39, 0.29) is 5.82 Å². The first-order valence-corrected chi connectivity index (χ1v) is 11.0. The lowest BCUT2D eigenvalue weighted by Crippen LogP contribution is -2.29. The number of thioether (sulfide) groups is 1. The molecule has 0 bridgehead atoms. The molecule has 1 atom stereocenters. The molecule has 1 unspecified atom stereocenters. The Kier molecular flexibility index (Phi) is 5.18. The van der Waals surface area contributed by atoms with Crippen LogP contribution in [0.3, 0.4) is 0 Å². The number of carbonyl (C=O) groups excluding carboxylic acids is 1. The number of benzene rings is 2. The first-order chi connectivity index (χ1) is 15.6. The van der Waals surface area contributed by atoms with Gasteiger partial charge in [-0.1, -0.05) is 48.2 Å². The zero-order valence-electron chi connectivity index (χ0n) is 17.4. The molecule has 0 radical (unpaired) electrons. The number of allylic oxidation sites excluding steroid dienone is 1. The van der Waals surface area contributed by atoms with Gasteiger partial charge in [0.15, 0.2) is 0 Å². The highest BCUT2D eigenvalue weighted by atomic mass is 32.2. The van der Waals surface area contributed by atoms with Gasteiger partial charge in [-0.25, -0.2) is 13.9 Å². The molecule has 2 aromatic carbocycles. The Bertz CT molecular complexity index is 1360. The predicted octanol–water partition coefficient (Wildman–Crippen LogP) is 4.65. The number of esters is 1. The van der Waals surface area contributed by atoms with Crippen LogP contribution in [-0.2, 0) is 15.3 Å². The fourth-order valence-corrected chi connectivity index (χ4v) is 4.75. The number of nitrogens with zero attached hydrogens (tertiary/aromatic N) is 3. The molecule has 5 rings (SSSR count). The third-order valence-corrected chi connectivity index (χ3v) is 6.36. The molecule has 4 aromatic rings. The Morgan fingerprint density at radius 1 is 1.22 bits per heavy atom. The minimum atomic E-state index is -0.523. The van der Waals surface area contributed by atoms with E-state index in [0.29, 0.717) is 33.7 Å². The summed E-state index contributed by atoms with van der Waals surface area (Å²) < 4.78 is 20.8. The van der Waals surface area contributed by atoms with Crippen LogP contribution in [0.1, 0.15) is 24.1 Å². The first kappa shape index (κ1) is 20.3. The van der Waals surface area contributed by atoms with Crippen molar-refractivity contribution in [3.8, 4) is 0 Å². The number of hydrogen-bond donors (Lipinski definition) is 2. The van der Waals surface area contributed by atoms with E-state index in [1.165, 1.54) is 24.9 Å². The van der Waals surface area contributed by atoms with Crippen LogP contribution in [0.25, 0.3) is 10.9 Å². The second-order valence-electron chi connectivity index (χ2n) is 7.39. The molecule has 2 aromatic heterocycles. The van der Waals surface area contributed by atoms with Crippen LogP contribution in [0.5, 0.6) is 0 Å². The van der Waals surface area contributed by atoms with E-state index in [2.05, 4.69) is 20.4 Å². The van der Waals surface area contributed by atoms with Gasteiger partial charge in [-0.2, -0.15) is 4.98 Å². The highest BCUT2D eigenvalue weighted by molar-refractivity contribution is 7.98. The fourth-order valence-electron chi connectivity index (χ4n) is 3.93. The van der Waals surface area contributed by atoms with Gasteiger partial charge in [0.2, 0.25) is 11.1 Å². The van der Waals surface area contributed by atoms with Gasteiger partial charge in [0.1, 0.15) is 11.9 Å². The number of methoxy groups -OCH3 is 1. The normalized spacial score (nSPS) is 15.5. The SMILES string of the molecule is COC(=O)C1=C(C)Nc2nc(SCc3ccccc3F)nn2C1c1c[nH]c2ccccc12. The Labute approximate surface area is 187 Å². The maximum Gasteiger partial charge on any atom is 0.338 e. The molecule has 32 heavy (non-hydrogen) atoms. The van der Waals surface area contributed by atoms with Crippen LogP contribution >= 0.6 is 11.8 Å². The van der Waals surface area contributed by atoms with E-state index >= 15 is 0 Å². The fraction of sp³-hybridized carbons (Fsp3) is 0.174. The minimum absolute atomic E-state index is 0.260. The Hall–Kier alpha value is -3.59. The summed E-state index contributed by atoms with van der Waals surface area (Å²) in [7, 11) is 1.36. The standard InChI is InChI=1S/C23H20FN5O2S/c1-13-19(21(30)31-2)20(16-11-25-18-10-6-4-8-15(16)18)29-22(26-13)27-23(28-29)32-12-14-7-3-5-9-17(14)24/h3-11,20,25H,12H2,1-2H3,(H,26,27,28). The number of rotatable bonds is 5. The Balaban J connectivity index is 1.57. The number of anilines is 1. The Morgan fingerprint density at radius 2 is 2.00 bits per heavy atom. The van der Waals surface area contributed by atoms with Crippen LogP contribution in [0.15, 0.2) is 71.2 Å². The minimum Gasteiger partial charge on any atom is -0.466 e. The second-order valence-corrected chi connectivity index (χ2v) is 8.33. The number of hydrogen-bond acceptors (Lipinski definition) is 6. The second kappa shape index (κ2) is 8.16. The monoisotopic (exact) mass is 449 g/mol. The number of fused-ring (bicyclic) bond motifs is 2. The molecule has 162 valence electrons. The van der Waals surface area contributed by atoms with Gasteiger partial charge in [-0.3, -0.25) is 0 Å². The maximum absolute atomic E-state index is 14.0. The average Bonchev–Trinajstić information content (AvgIpc) is 3.41. The number of nitrogens with one attached hydrogen (secondary N) is 2. The molecule has 0 aliphatic carbocycles. The van der Waals surface area contributed by atoms with Crippen LogP contribution in [0, 0.1) is 5.82 Å². The molecule has 2 N–H and O–H groups in total. The van der Waals surface area contributed by atoms with Crippen molar-refractivity contribution in [1.29, 1.82) is 0 Å². The number of halogens is 1. The number of carbonyl (C=O) groups is 1. The molecule has 1 aliphatic rings. The number of H-pyrrole nitrogens is 1. The lowest BCUT2D eigenvalue weighted by Gasteiger charge is -2.27. The molecule has 7 nitrogen and oxygen atoms in total. The Morgan fingerprint density at radius 3 is 2.81 bits per heavy atom.